The minimum Gasteiger partial charge on any atom is -0.211 e. The highest BCUT2D eigenvalue weighted by Gasteiger charge is 2.24. The summed E-state index contributed by atoms with van der Waals surface area (Å²) >= 11 is 10.6. The molecule has 176 valence electrons. The quantitative estimate of drug-likeness (QED) is 0.143. The van der Waals surface area contributed by atoms with Crippen molar-refractivity contribution in [2.45, 2.75) is 21.0 Å². The van der Waals surface area contributed by atoms with Gasteiger partial charge >= 0.3 is 0 Å². The first kappa shape index (κ1) is 29.7. The van der Waals surface area contributed by atoms with Gasteiger partial charge in [0.1, 0.15) is 0 Å². The van der Waals surface area contributed by atoms with Crippen molar-refractivity contribution in [2.75, 3.05) is 59.4 Å². The summed E-state index contributed by atoms with van der Waals surface area (Å²) in [6, 6.07) is 0. The number of rotatable bonds is 18. The molecular formula is C18H24N4O4S6. The molecule has 4 unspecified atom stereocenters. The number of carbonyl (C=O) groups excluding carboxylic acids is 4. The van der Waals surface area contributed by atoms with E-state index < -0.39 is 0 Å². The van der Waals surface area contributed by atoms with Gasteiger partial charge in [0.05, 0.1) is 24.8 Å². The standard InChI is InChI=1S/C18H24N4O4S6/c23-9-19-1-15(3-27-13-21-11-25)29-5-17-7-32-18(8-31-17)6-30-16(2-20-10-24)4-28-14-22-12-26/h15-18H,1-8,13-14H2. The van der Waals surface area contributed by atoms with Gasteiger partial charge in [-0.25, -0.2) is 29.2 Å². The molecule has 0 aromatic heterocycles. The molecule has 8 nitrogen and oxygen atoms in total. The number of hydrogen-bond donors (Lipinski definition) is 0. The van der Waals surface area contributed by atoms with Crippen molar-refractivity contribution in [2.24, 2.45) is 20.0 Å². The third-order valence-electron chi connectivity index (χ3n) is 3.84. The molecule has 32 heavy (non-hydrogen) atoms. The van der Waals surface area contributed by atoms with Crippen molar-refractivity contribution < 1.29 is 19.2 Å². The van der Waals surface area contributed by atoms with Gasteiger partial charge in [-0.1, -0.05) is 0 Å². The van der Waals surface area contributed by atoms with E-state index >= 15 is 0 Å². The highest BCUT2D eigenvalue weighted by molar-refractivity contribution is 8.09. The van der Waals surface area contributed by atoms with E-state index in [1.165, 1.54) is 35.7 Å². The van der Waals surface area contributed by atoms with Crippen LogP contribution in [0.1, 0.15) is 0 Å². The van der Waals surface area contributed by atoms with Gasteiger partial charge in [0.2, 0.25) is 24.3 Å². The van der Waals surface area contributed by atoms with Crippen molar-refractivity contribution >= 4 is 94.9 Å². The van der Waals surface area contributed by atoms with Gasteiger partial charge in [0.15, 0.2) is 0 Å². The second-order valence-corrected chi connectivity index (χ2v) is 13.5. The van der Waals surface area contributed by atoms with Crippen molar-refractivity contribution in [1.29, 1.82) is 0 Å². The van der Waals surface area contributed by atoms with E-state index in [2.05, 4.69) is 20.0 Å². The van der Waals surface area contributed by atoms with Gasteiger partial charge in [-0.2, -0.15) is 57.0 Å². The van der Waals surface area contributed by atoms with E-state index in [0.717, 1.165) is 34.5 Å². The summed E-state index contributed by atoms with van der Waals surface area (Å²) in [5, 5.41) is 1.48. The van der Waals surface area contributed by atoms with Crippen LogP contribution < -0.4 is 0 Å². The number of isocyanates is 4. The van der Waals surface area contributed by atoms with Crippen LogP contribution in [0.2, 0.25) is 0 Å². The fourth-order valence-corrected chi connectivity index (χ4v) is 10.5. The summed E-state index contributed by atoms with van der Waals surface area (Å²) in [5.41, 5.74) is 0. The average molecular weight is 553 g/mol. The summed E-state index contributed by atoms with van der Waals surface area (Å²) in [6.45, 7) is 0.854. The molecule has 14 heteroatoms. The van der Waals surface area contributed by atoms with Crippen molar-refractivity contribution in [1.82, 2.24) is 0 Å². The molecule has 1 aliphatic rings. The molecular weight excluding hydrogens is 529 g/mol. The van der Waals surface area contributed by atoms with E-state index in [4.69, 9.17) is 0 Å². The first-order valence-electron chi connectivity index (χ1n) is 9.49. The van der Waals surface area contributed by atoms with Crippen LogP contribution in [-0.4, -0.2) is 105 Å². The van der Waals surface area contributed by atoms with E-state index in [-0.39, 0.29) is 10.5 Å². The molecule has 4 atom stereocenters. The van der Waals surface area contributed by atoms with Crippen LogP contribution >= 0.6 is 70.6 Å². The predicted octanol–water partition coefficient (Wildman–Crippen LogP) is 3.13. The fourth-order valence-electron chi connectivity index (χ4n) is 2.36. The number of thioether (sulfide) groups is 6. The van der Waals surface area contributed by atoms with Gasteiger partial charge in [-0.3, -0.25) is 0 Å². The number of hydrogen-bond acceptors (Lipinski definition) is 14. The van der Waals surface area contributed by atoms with Crippen molar-refractivity contribution in [3.63, 3.8) is 0 Å². The molecule has 1 saturated heterocycles. The van der Waals surface area contributed by atoms with Crippen LogP contribution in [-0.2, 0) is 19.2 Å². The summed E-state index contributed by atoms with van der Waals surface area (Å²) in [7, 11) is 0. The summed E-state index contributed by atoms with van der Waals surface area (Å²) in [6.07, 6.45) is 6.26. The highest BCUT2D eigenvalue weighted by Crippen LogP contribution is 2.35. The average Bonchev–Trinajstić information content (AvgIpc) is 2.82. The second-order valence-electron chi connectivity index (χ2n) is 6.18. The second kappa shape index (κ2) is 21.2. The maximum atomic E-state index is 10.4. The number of nitrogens with zero attached hydrogens (tertiary/aromatic N) is 4. The van der Waals surface area contributed by atoms with Crippen LogP contribution in [0.4, 0.5) is 0 Å². The van der Waals surface area contributed by atoms with Crippen molar-refractivity contribution in [3.8, 4) is 0 Å². The molecule has 0 aliphatic carbocycles. The topological polar surface area (TPSA) is 118 Å². The Balaban J connectivity index is 2.33. The summed E-state index contributed by atoms with van der Waals surface area (Å²) < 4.78 is 0. The first-order valence-corrected chi connectivity index (χ1v) is 16.0. The molecule has 0 aromatic carbocycles. The molecule has 0 spiro atoms. The molecule has 1 heterocycles. The largest absolute Gasteiger partial charge is 0.235 e. The molecule has 1 fully saturated rings. The number of aliphatic imine (C=N–C) groups is 4. The Bertz CT molecular complexity index is 654. The van der Waals surface area contributed by atoms with Gasteiger partial charge in [-0.05, 0) is 0 Å². The Kier molecular flexibility index (Phi) is 19.6. The Morgan fingerprint density at radius 1 is 0.688 bits per heavy atom. The third-order valence-corrected chi connectivity index (χ3v) is 12.6. The van der Waals surface area contributed by atoms with Crippen LogP contribution in [0, 0.1) is 0 Å². The molecule has 0 aromatic rings. The molecule has 0 saturated carbocycles. The van der Waals surface area contributed by atoms with Crippen LogP contribution in [0.25, 0.3) is 0 Å². The van der Waals surface area contributed by atoms with Crippen LogP contribution in [0.3, 0.4) is 0 Å². The lowest BCUT2D eigenvalue weighted by atomic mass is 10.5. The molecule has 0 amide bonds. The van der Waals surface area contributed by atoms with E-state index in [1.54, 1.807) is 35.7 Å². The normalized spacial score (nSPS) is 19.4. The zero-order valence-corrected chi connectivity index (χ0v) is 22.2. The molecule has 1 rings (SSSR count). The van der Waals surface area contributed by atoms with E-state index in [0.29, 0.717) is 35.3 Å². The molecule has 0 N–H and O–H groups in total. The van der Waals surface area contributed by atoms with E-state index in [1.807, 2.05) is 23.5 Å². The zero-order chi connectivity index (χ0) is 23.3. The van der Waals surface area contributed by atoms with Crippen LogP contribution in [0.5, 0.6) is 0 Å². The Morgan fingerprint density at radius 2 is 1.09 bits per heavy atom. The third kappa shape index (κ3) is 15.5. The van der Waals surface area contributed by atoms with E-state index in [9.17, 15) is 19.2 Å². The highest BCUT2D eigenvalue weighted by atomic mass is 32.2. The lowest BCUT2D eigenvalue weighted by Gasteiger charge is -2.29. The minimum atomic E-state index is 0.197. The van der Waals surface area contributed by atoms with Crippen LogP contribution in [0.15, 0.2) is 20.0 Å². The Hall–Kier alpha value is -0.380. The first-order chi connectivity index (χ1) is 15.7. The summed E-state index contributed by atoms with van der Waals surface area (Å²) in [4.78, 5) is 55.7. The van der Waals surface area contributed by atoms with Gasteiger partial charge in [0.25, 0.3) is 0 Å². The maximum absolute atomic E-state index is 10.4. The van der Waals surface area contributed by atoms with Crippen molar-refractivity contribution in [3.05, 3.63) is 0 Å². The molecule has 1 aliphatic heterocycles. The lowest BCUT2D eigenvalue weighted by Crippen LogP contribution is -2.27. The monoisotopic (exact) mass is 552 g/mol. The summed E-state index contributed by atoms with van der Waals surface area (Å²) in [5.74, 6) is 6.39. The smallest absolute Gasteiger partial charge is 0.211 e. The molecule has 0 radical (unpaired) electrons. The maximum Gasteiger partial charge on any atom is 0.235 e. The SMILES string of the molecule is O=C=NCSCC(CN=C=O)SCC1CSC(CSC(CN=C=O)CSCN=C=O)CS1. The minimum absolute atomic E-state index is 0.197. The van der Waals surface area contributed by atoms with Gasteiger partial charge < -0.3 is 0 Å². The zero-order valence-electron chi connectivity index (χ0n) is 17.3. The Labute approximate surface area is 213 Å². The lowest BCUT2D eigenvalue weighted by molar-refractivity contribution is 0.562. The van der Waals surface area contributed by atoms with Gasteiger partial charge in [-0.15, -0.1) is 23.5 Å². The Morgan fingerprint density at radius 3 is 1.44 bits per heavy atom. The van der Waals surface area contributed by atoms with Gasteiger partial charge in [0, 0.05) is 55.5 Å². The molecule has 0 bridgehead atoms. The predicted molar refractivity (Wildman–Crippen MR) is 142 cm³/mol. The fraction of sp³-hybridized carbons (Fsp3) is 0.778.